The minimum atomic E-state index is 0. The average molecular weight is 333 g/mol. The van der Waals surface area contributed by atoms with Gasteiger partial charge in [-0.1, -0.05) is 19.3 Å². The van der Waals surface area contributed by atoms with Gasteiger partial charge >= 0.3 is 0 Å². The third kappa shape index (κ3) is 4.52. The number of carbonyl (C=O) groups is 1. The molecule has 0 bridgehead atoms. The summed E-state index contributed by atoms with van der Waals surface area (Å²) in [6.45, 7) is 4.27. The first kappa shape index (κ1) is 17.4. The van der Waals surface area contributed by atoms with E-state index >= 15 is 0 Å². The number of thioether (sulfide) groups is 1. The van der Waals surface area contributed by atoms with Crippen LogP contribution in [0.25, 0.3) is 0 Å². The average Bonchev–Trinajstić information content (AvgIpc) is 2.99. The number of carbonyl (C=O) groups excluding carboxylic acids is 1. The standard InChI is InChI=1S/C16H28N2OS.ClH/c19-15(5-4-14-6-9-17-12-14)18-10-11-20-16(13-18)7-2-1-3-8-16;/h14,17H,1-13H2;1H. The van der Waals surface area contributed by atoms with Crippen molar-refractivity contribution < 1.29 is 4.79 Å². The lowest BCUT2D eigenvalue weighted by atomic mass is 9.87. The van der Waals surface area contributed by atoms with Crippen molar-refractivity contribution in [1.29, 1.82) is 0 Å². The number of rotatable bonds is 3. The van der Waals surface area contributed by atoms with E-state index in [1.807, 2.05) is 0 Å². The fourth-order valence-corrected chi connectivity index (χ4v) is 5.57. The van der Waals surface area contributed by atoms with Gasteiger partial charge in [-0.25, -0.2) is 0 Å². The van der Waals surface area contributed by atoms with Crippen molar-refractivity contribution in [2.24, 2.45) is 5.92 Å². The topological polar surface area (TPSA) is 32.3 Å². The van der Waals surface area contributed by atoms with Crippen LogP contribution in [-0.4, -0.2) is 47.5 Å². The van der Waals surface area contributed by atoms with Crippen LogP contribution in [0.1, 0.15) is 51.4 Å². The van der Waals surface area contributed by atoms with Crippen molar-refractivity contribution in [3.63, 3.8) is 0 Å². The van der Waals surface area contributed by atoms with Crippen LogP contribution in [0, 0.1) is 5.92 Å². The summed E-state index contributed by atoms with van der Waals surface area (Å²) < 4.78 is 0.418. The number of hydrogen-bond donors (Lipinski definition) is 1. The molecule has 1 N–H and O–H groups in total. The van der Waals surface area contributed by atoms with Crippen LogP contribution in [0.5, 0.6) is 0 Å². The van der Waals surface area contributed by atoms with E-state index in [4.69, 9.17) is 0 Å². The van der Waals surface area contributed by atoms with Crippen LogP contribution >= 0.6 is 24.2 Å². The summed E-state index contributed by atoms with van der Waals surface area (Å²) in [6, 6.07) is 0. The van der Waals surface area contributed by atoms with Gasteiger partial charge in [-0.15, -0.1) is 12.4 Å². The zero-order valence-corrected chi connectivity index (χ0v) is 14.6. The van der Waals surface area contributed by atoms with Crippen LogP contribution in [-0.2, 0) is 4.79 Å². The number of halogens is 1. The quantitative estimate of drug-likeness (QED) is 0.862. The third-order valence-electron chi connectivity index (χ3n) is 5.29. The smallest absolute Gasteiger partial charge is 0.222 e. The molecule has 1 aliphatic carbocycles. The maximum absolute atomic E-state index is 12.5. The van der Waals surface area contributed by atoms with Crippen LogP contribution in [0.4, 0.5) is 0 Å². The molecule has 0 radical (unpaired) electrons. The molecule has 1 amide bonds. The Balaban J connectivity index is 0.00000161. The molecule has 3 fully saturated rings. The van der Waals surface area contributed by atoms with E-state index in [2.05, 4.69) is 22.0 Å². The SMILES string of the molecule is Cl.O=C(CCC1CCNC1)N1CCSC2(CCCCC2)C1. The van der Waals surface area contributed by atoms with Crippen molar-refractivity contribution in [2.75, 3.05) is 31.9 Å². The molecule has 1 saturated carbocycles. The molecular weight excluding hydrogens is 304 g/mol. The Morgan fingerprint density at radius 2 is 2.10 bits per heavy atom. The summed E-state index contributed by atoms with van der Waals surface area (Å²) >= 11 is 2.15. The molecule has 3 aliphatic rings. The van der Waals surface area contributed by atoms with E-state index in [-0.39, 0.29) is 12.4 Å². The zero-order chi connectivity index (χ0) is 13.8. The molecule has 0 aromatic carbocycles. The monoisotopic (exact) mass is 332 g/mol. The zero-order valence-electron chi connectivity index (χ0n) is 12.9. The predicted molar refractivity (Wildman–Crippen MR) is 92.3 cm³/mol. The van der Waals surface area contributed by atoms with Crippen molar-refractivity contribution in [2.45, 2.75) is 56.1 Å². The van der Waals surface area contributed by atoms with Gasteiger partial charge < -0.3 is 10.2 Å². The normalized spacial score (nSPS) is 28.4. The molecule has 3 nitrogen and oxygen atoms in total. The minimum absolute atomic E-state index is 0. The van der Waals surface area contributed by atoms with Gasteiger partial charge in [0.1, 0.15) is 0 Å². The summed E-state index contributed by atoms with van der Waals surface area (Å²) in [6.07, 6.45) is 9.89. The van der Waals surface area contributed by atoms with Crippen molar-refractivity contribution in [3.8, 4) is 0 Å². The first-order chi connectivity index (χ1) is 9.77. The van der Waals surface area contributed by atoms with Gasteiger partial charge in [-0.05, 0) is 44.7 Å². The molecule has 21 heavy (non-hydrogen) atoms. The summed E-state index contributed by atoms with van der Waals surface area (Å²) in [4.78, 5) is 14.7. The van der Waals surface area contributed by atoms with E-state index in [1.54, 1.807) is 0 Å². The molecule has 1 unspecified atom stereocenters. The maximum Gasteiger partial charge on any atom is 0.222 e. The summed E-state index contributed by atoms with van der Waals surface area (Å²) in [5.41, 5.74) is 0. The Hall–Kier alpha value is 0.0700. The number of amides is 1. The molecule has 3 rings (SSSR count). The largest absolute Gasteiger partial charge is 0.340 e. The summed E-state index contributed by atoms with van der Waals surface area (Å²) in [7, 11) is 0. The molecule has 2 heterocycles. The fraction of sp³-hybridized carbons (Fsp3) is 0.938. The van der Waals surface area contributed by atoms with E-state index in [1.165, 1.54) is 38.5 Å². The molecular formula is C16H29ClN2OS. The molecule has 0 aromatic rings. The van der Waals surface area contributed by atoms with Crippen LogP contribution < -0.4 is 5.32 Å². The van der Waals surface area contributed by atoms with E-state index < -0.39 is 0 Å². The molecule has 2 aliphatic heterocycles. The molecule has 2 saturated heterocycles. The second-order valence-electron chi connectivity index (χ2n) is 6.80. The minimum Gasteiger partial charge on any atom is -0.340 e. The van der Waals surface area contributed by atoms with Gasteiger partial charge in [-0.2, -0.15) is 11.8 Å². The Bertz CT molecular complexity index is 336. The van der Waals surface area contributed by atoms with Gasteiger partial charge in [-0.3, -0.25) is 4.79 Å². The second-order valence-corrected chi connectivity index (χ2v) is 8.37. The highest BCUT2D eigenvalue weighted by atomic mass is 35.5. The molecule has 1 spiro atoms. The highest BCUT2D eigenvalue weighted by Crippen LogP contribution is 2.42. The highest BCUT2D eigenvalue weighted by Gasteiger charge is 2.38. The highest BCUT2D eigenvalue weighted by molar-refractivity contribution is 8.00. The van der Waals surface area contributed by atoms with Gasteiger partial charge in [0.15, 0.2) is 0 Å². The fourth-order valence-electron chi connectivity index (χ4n) is 4.00. The predicted octanol–water partition coefficient (Wildman–Crippen LogP) is 3.08. The van der Waals surface area contributed by atoms with Crippen molar-refractivity contribution >= 4 is 30.1 Å². The second kappa shape index (κ2) is 8.07. The van der Waals surface area contributed by atoms with Gasteiger partial charge in [0.05, 0.1) is 0 Å². The lowest BCUT2D eigenvalue weighted by Crippen LogP contribution is -2.49. The Morgan fingerprint density at radius 3 is 2.81 bits per heavy atom. The van der Waals surface area contributed by atoms with E-state index in [9.17, 15) is 4.79 Å². The molecule has 1 atom stereocenters. The van der Waals surface area contributed by atoms with Crippen LogP contribution in [0.3, 0.4) is 0 Å². The molecule has 122 valence electrons. The van der Waals surface area contributed by atoms with Gasteiger partial charge in [0.2, 0.25) is 5.91 Å². The Kier molecular flexibility index (Phi) is 6.70. The van der Waals surface area contributed by atoms with E-state index in [0.29, 0.717) is 10.7 Å². The maximum atomic E-state index is 12.5. The van der Waals surface area contributed by atoms with Gasteiger partial charge in [0, 0.05) is 30.0 Å². The lowest BCUT2D eigenvalue weighted by Gasteiger charge is -2.44. The molecule has 0 aromatic heterocycles. The van der Waals surface area contributed by atoms with E-state index in [0.717, 1.165) is 50.7 Å². The summed E-state index contributed by atoms with van der Waals surface area (Å²) in [5, 5.41) is 3.39. The summed E-state index contributed by atoms with van der Waals surface area (Å²) in [5.74, 6) is 2.31. The van der Waals surface area contributed by atoms with Crippen molar-refractivity contribution in [1.82, 2.24) is 10.2 Å². The number of nitrogens with zero attached hydrogens (tertiary/aromatic N) is 1. The first-order valence-corrected chi connectivity index (χ1v) is 9.38. The first-order valence-electron chi connectivity index (χ1n) is 8.40. The number of hydrogen-bond acceptors (Lipinski definition) is 3. The Labute approximate surface area is 139 Å². The molecule has 5 heteroatoms. The van der Waals surface area contributed by atoms with Gasteiger partial charge in [0.25, 0.3) is 0 Å². The number of nitrogens with one attached hydrogen (secondary N) is 1. The van der Waals surface area contributed by atoms with Crippen LogP contribution in [0.2, 0.25) is 0 Å². The van der Waals surface area contributed by atoms with Crippen molar-refractivity contribution in [3.05, 3.63) is 0 Å². The lowest BCUT2D eigenvalue weighted by molar-refractivity contribution is -0.132. The third-order valence-corrected chi connectivity index (χ3v) is 6.83. The Morgan fingerprint density at radius 1 is 1.29 bits per heavy atom. The van der Waals surface area contributed by atoms with Crippen LogP contribution in [0.15, 0.2) is 0 Å².